The fourth-order valence-corrected chi connectivity index (χ4v) is 2.26. The van der Waals surface area contributed by atoms with Gasteiger partial charge in [-0.15, -0.1) is 0 Å². The Morgan fingerprint density at radius 1 is 0.864 bits per heavy atom. The number of hydrogen-bond acceptors (Lipinski definition) is 1. The van der Waals surface area contributed by atoms with E-state index in [1.807, 2.05) is 12.1 Å². The van der Waals surface area contributed by atoms with E-state index in [0.29, 0.717) is 0 Å². The molecule has 0 fully saturated rings. The Bertz CT molecular complexity index is 589. The van der Waals surface area contributed by atoms with Crippen LogP contribution in [0.15, 0.2) is 65.7 Å². The first-order chi connectivity index (χ1) is 10.6. The maximum Gasteiger partial charge on any atom is 0.0798 e. The molecule has 2 aromatic rings. The van der Waals surface area contributed by atoms with E-state index < -0.39 is 0 Å². The average molecular weight is 293 g/mol. The summed E-state index contributed by atoms with van der Waals surface area (Å²) in [7, 11) is 6.62. The highest BCUT2D eigenvalue weighted by molar-refractivity contribution is 5.98. The van der Waals surface area contributed by atoms with Gasteiger partial charge in [-0.1, -0.05) is 60.7 Å². The average Bonchev–Trinajstić information content (AvgIpc) is 2.51. The van der Waals surface area contributed by atoms with Crippen molar-refractivity contribution < 1.29 is 4.48 Å². The van der Waals surface area contributed by atoms with Gasteiger partial charge in [-0.3, -0.25) is 0 Å². The van der Waals surface area contributed by atoms with Crippen molar-refractivity contribution in [3.8, 4) is 0 Å². The maximum absolute atomic E-state index is 4.53. The molecule has 22 heavy (non-hydrogen) atoms. The molecule has 0 atom stereocenters. The Morgan fingerprint density at radius 2 is 1.36 bits per heavy atom. The summed E-state index contributed by atoms with van der Waals surface area (Å²) in [6.45, 7) is 1.94. The maximum atomic E-state index is 4.53. The van der Waals surface area contributed by atoms with Crippen molar-refractivity contribution in [2.24, 2.45) is 4.99 Å². The molecule has 0 amide bonds. The third-order valence-electron chi connectivity index (χ3n) is 3.41. The molecule has 0 aliphatic heterocycles. The molecule has 0 aliphatic carbocycles. The molecule has 0 saturated heterocycles. The second kappa shape index (κ2) is 7.74. The van der Waals surface area contributed by atoms with E-state index in [0.717, 1.165) is 40.7 Å². The van der Waals surface area contributed by atoms with Gasteiger partial charge in [0.1, 0.15) is 0 Å². The van der Waals surface area contributed by atoms with Gasteiger partial charge in [0, 0.05) is 6.42 Å². The molecule has 2 aromatic carbocycles. The molecule has 0 unspecified atom stereocenters. The van der Waals surface area contributed by atoms with Crippen molar-refractivity contribution in [3.63, 3.8) is 0 Å². The fourth-order valence-electron chi connectivity index (χ4n) is 2.26. The lowest BCUT2D eigenvalue weighted by Gasteiger charge is -2.23. The summed E-state index contributed by atoms with van der Waals surface area (Å²) in [5, 5.41) is 0. The van der Waals surface area contributed by atoms with Crippen LogP contribution in [0.25, 0.3) is 5.57 Å². The van der Waals surface area contributed by atoms with E-state index >= 15 is 0 Å². The minimum atomic E-state index is 0.818. The van der Waals surface area contributed by atoms with Crippen molar-refractivity contribution in [1.82, 2.24) is 0 Å². The zero-order valence-electron chi connectivity index (χ0n) is 13.8. The van der Waals surface area contributed by atoms with E-state index in [2.05, 4.69) is 80.5 Å². The third kappa shape index (κ3) is 5.33. The minimum absolute atomic E-state index is 0.818. The molecule has 0 bridgehead atoms. The van der Waals surface area contributed by atoms with Crippen LogP contribution in [-0.4, -0.2) is 44.6 Å². The predicted molar refractivity (Wildman–Crippen MR) is 95.2 cm³/mol. The van der Waals surface area contributed by atoms with Gasteiger partial charge in [0.2, 0.25) is 0 Å². The van der Waals surface area contributed by atoms with Gasteiger partial charge in [0.25, 0.3) is 0 Å². The summed E-state index contributed by atoms with van der Waals surface area (Å²) >= 11 is 0. The van der Waals surface area contributed by atoms with Crippen LogP contribution in [0.1, 0.15) is 17.5 Å². The molecule has 0 radical (unpaired) electrons. The molecule has 2 nitrogen and oxygen atoms in total. The SMILES string of the molecule is C[N+](C)(C)CCCN=C=C(c1ccccc1)c1ccccc1. The van der Waals surface area contributed by atoms with Crippen molar-refractivity contribution in [2.45, 2.75) is 6.42 Å². The highest BCUT2D eigenvalue weighted by Crippen LogP contribution is 2.20. The van der Waals surface area contributed by atoms with Crippen molar-refractivity contribution >= 4 is 11.4 Å². The largest absolute Gasteiger partial charge is 0.331 e. The molecule has 2 heteroatoms. The highest BCUT2D eigenvalue weighted by atomic mass is 15.3. The van der Waals surface area contributed by atoms with E-state index in [1.54, 1.807) is 0 Å². The first-order valence-electron chi connectivity index (χ1n) is 7.77. The van der Waals surface area contributed by atoms with E-state index in [4.69, 9.17) is 0 Å². The molecular formula is C20H25N2+. The smallest absolute Gasteiger partial charge is 0.0798 e. The summed E-state index contributed by atoms with van der Waals surface area (Å²) < 4.78 is 0.976. The number of benzene rings is 2. The van der Waals surface area contributed by atoms with Crippen LogP contribution in [0.3, 0.4) is 0 Å². The second-order valence-electron chi connectivity index (χ2n) is 6.47. The van der Waals surface area contributed by atoms with Gasteiger partial charge in [-0.2, -0.15) is 0 Å². The highest BCUT2D eigenvalue weighted by Gasteiger charge is 2.05. The first kappa shape index (κ1) is 16.2. The number of rotatable bonds is 6. The Labute approximate surface area is 134 Å². The Hall–Kier alpha value is -2.15. The van der Waals surface area contributed by atoms with Gasteiger partial charge in [-0.25, -0.2) is 4.99 Å². The summed E-state index contributed by atoms with van der Waals surface area (Å²) in [4.78, 5) is 4.53. The predicted octanol–water partition coefficient (Wildman–Crippen LogP) is 3.88. The Kier molecular flexibility index (Phi) is 5.71. The quantitative estimate of drug-likeness (QED) is 0.435. The molecule has 0 N–H and O–H groups in total. The van der Waals surface area contributed by atoms with Gasteiger partial charge in [-0.05, 0) is 17.0 Å². The molecule has 0 aromatic heterocycles. The molecular weight excluding hydrogens is 268 g/mol. The van der Waals surface area contributed by atoms with Crippen LogP contribution < -0.4 is 0 Å². The molecule has 0 saturated carbocycles. The van der Waals surface area contributed by atoms with Crippen LogP contribution in [0.5, 0.6) is 0 Å². The van der Waals surface area contributed by atoms with E-state index in [-0.39, 0.29) is 0 Å². The summed E-state index contributed by atoms with van der Waals surface area (Å²) in [5.74, 6) is 3.27. The standard InChI is InChI=1S/C20H25N2/c1-22(2,3)16-10-15-21-17-20(18-11-6-4-7-12-18)19-13-8-5-9-14-19/h4-9,11-14H,10,15-16H2,1-3H3/q+1. The topological polar surface area (TPSA) is 12.4 Å². The Morgan fingerprint density at radius 3 is 1.82 bits per heavy atom. The van der Waals surface area contributed by atoms with Crippen molar-refractivity contribution in [1.29, 1.82) is 0 Å². The van der Waals surface area contributed by atoms with Gasteiger partial charge >= 0.3 is 0 Å². The zero-order valence-corrected chi connectivity index (χ0v) is 13.8. The summed E-state index contributed by atoms with van der Waals surface area (Å²) in [6.07, 6.45) is 1.08. The van der Waals surface area contributed by atoms with E-state index in [1.165, 1.54) is 0 Å². The Balaban J connectivity index is 2.20. The third-order valence-corrected chi connectivity index (χ3v) is 3.41. The number of quaternary nitrogens is 1. The lowest BCUT2D eigenvalue weighted by molar-refractivity contribution is -0.870. The van der Waals surface area contributed by atoms with Crippen molar-refractivity contribution in [2.75, 3.05) is 34.2 Å². The lowest BCUT2D eigenvalue weighted by atomic mass is 9.99. The van der Waals surface area contributed by atoms with Crippen LogP contribution in [-0.2, 0) is 0 Å². The fraction of sp³-hybridized carbons (Fsp3) is 0.300. The van der Waals surface area contributed by atoms with Gasteiger partial charge < -0.3 is 4.48 Å². The normalized spacial score (nSPS) is 10.9. The summed E-state index contributed by atoms with van der Waals surface area (Å²) in [6, 6.07) is 20.7. The molecule has 2 rings (SSSR count). The second-order valence-corrected chi connectivity index (χ2v) is 6.47. The van der Waals surface area contributed by atoms with E-state index in [9.17, 15) is 0 Å². The van der Waals surface area contributed by atoms with Crippen LogP contribution in [0, 0.1) is 0 Å². The molecule has 0 heterocycles. The molecule has 0 spiro atoms. The van der Waals surface area contributed by atoms with Crippen molar-refractivity contribution in [3.05, 3.63) is 71.8 Å². The van der Waals surface area contributed by atoms with Gasteiger partial charge in [0.05, 0.1) is 39.8 Å². The lowest BCUT2D eigenvalue weighted by Crippen LogP contribution is -2.35. The zero-order chi connectivity index (χ0) is 15.8. The number of aliphatic imine (C=N–C) groups is 1. The number of nitrogens with zero attached hydrogens (tertiary/aromatic N) is 2. The summed E-state index contributed by atoms with van der Waals surface area (Å²) in [5.41, 5.74) is 3.37. The monoisotopic (exact) mass is 293 g/mol. The van der Waals surface area contributed by atoms with Crippen LogP contribution in [0.4, 0.5) is 0 Å². The number of hydrogen-bond donors (Lipinski definition) is 0. The first-order valence-corrected chi connectivity index (χ1v) is 7.77. The van der Waals surface area contributed by atoms with Crippen LogP contribution >= 0.6 is 0 Å². The van der Waals surface area contributed by atoms with Crippen LogP contribution in [0.2, 0.25) is 0 Å². The minimum Gasteiger partial charge on any atom is -0.331 e. The molecule has 0 aliphatic rings. The molecule has 114 valence electrons. The van der Waals surface area contributed by atoms with Gasteiger partial charge in [0.15, 0.2) is 0 Å².